The highest BCUT2D eigenvalue weighted by Crippen LogP contribution is 2.32. The van der Waals surface area contributed by atoms with E-state index in [9.17, 15) is 0 Å². The molecular formula is C23H18N8. The molecule has 4 N–H and O–H groups in total. The standard InChI is InChI=1S/C23H18N8/c1-13-11-31(12-27-13)21-4-2-3-19-17(21)7-20(28-19)22-18-6-15(9-26-23(18)30-29-22)14-5-16(24)10-25-8-14/h2-12,28H,24H2,1H3,(H,26,29,30). The Labute approximate surface area is 176 Å². The van der Waals surface area contributed by atoms with E-state index in [1.807, 2.05) is 36.1 Å². The summed E-state index contributed by atoms with van der Waals surface area (Å²) in [6, 6.07) is 12.2. The van der Waals surface area contributed by atoms with Crippen molar-refractivity contribution in [2.75, 3.05) is 5.73 Å². The number of nitrogens with zero attached hydrogens (tertiary/aromatic N) is 5. The number of aromatic amines is 2. The summed E-state index contributed by atoms with van der Waals surface area (Å²) in [5, 5.41) is 9.55. The van der Waals surface area contributed by atoms with Crippen LogP contribution in [0.5, 0.6) is 0 Å². The molecule has 0 unspecified atom stereocenters. The molecule has 6 rings (SSSR count). The summed E-state index contributed by atoms with van der Waals surface area (Å²) >= 11 is 0. The van der Waals surface area contributed by atoms with Crippen molar-refractivity contribution in [3.8, 4) is 28.2 Å². The summed E-state index contributed by atoms with van der Waals surface area (Å²) in [5.41, 5.74) is 13.9. The molecule has 8 heteroatoms. The third-order valence-electron chi connectivity index (χ3n) is 5.40. The molecule has 0 aliphatic carbocycles. The van der Waals surface area contributed by atoms with Crippen molar-refractivity contribution in [3.05, 3.63) is 73.2 Å². The predicted octanol–water partition coefficient (Wildman–Crippen LogP) is 4.24. The first-order valence-corrected chi connectivity index (χ1v) is 9.84. The topological polar surface area (TPSA) is 114 Å². The molecule has 0 aliphatic rings. The summed E-state index contributed by atoms with van der Waals surface area (Å²) in [6.45, 7) is 1.98. The highest BCUT2D eigenvalue weighted by Gasteiger charge is 2.15. The van der Waals surface area contributed by atoms with Crippen molar-refractivity contribution in [2.45, 2.75) is 6.92 Å². The first-order chi connectivity index (χ1) is 15.2. The van der Waals surface area contributed by atoms with Gasteiger partial charge in [0.05, 0.1) is 34.8 Å². The second-order valence-corrected chi connectivity index (χ2v) is 7.54. The van der Waals surface area contributed by atoms with Gasteiger partial charge in [0.1, 0.15) is 0 Å². The van der Waals surface area contributed by atoms with Crippen LogP contribution in [0.25, 0.3) is 50.1 Å². The lowest BCUT2D eigenvalue weighted by atomic mass is 10.1. The number of fused-ring (bicyclic) bond motifs is 2. The minimum atomic E-state index is 0.614. The van der Waals surface area contributed by atoms with Crippen LogP contribution in [-0.2, 0) is 0 Å². The molecule has 0 saturated heterocycles. The Balaban J connectivity index is 1.51. The van der Waals surface area contributed by atoms with E-state index in [1.54, 1.807) is 18.6 Å². The minimum Gasteiger partial charge on any atom is -0.397 e. The fourth-order valence-electron chi connectivity index (χ4n) is 3.93. The quantitative estimate of drug-likeness (QED) is 0.407. The van der Waals surface area contributed by atoms with E-state index in [1.165, 1.54) is 0 Å². The Bertz CT molecular complexity index is 1570. The van der Waals surface area contributed by atoms with Crippen molar-refractivity contribution < 1.29 is 0 Å². The molecule has 31 heavy (non-hydrogen) atoms. The van der Waals surface area contributed by atoms with Crippen LogP contribution < -0.4 is 5.73 Å². The molecule has 0 amide bonds. The zero-order valence-electron chi connectivity index (χ0n) is 16.7. The molecule has 6 aromatic rings. The Morgan fingerprint density at radius 3 is 2.71 bits per heavy atom. The van der Waals surface area contributed by atoms with Gasteiger partial charge in [-0.1, -0.05) is 6.07 Å². The molecule has 5 aromatic heterocycles. The van der Waals surface area contributed by atoms with Gasteiger partial charge in [-0.25, -0.2) is 9.97 Å². The van der Waals surface area contributed by atoms with E-state index >= 15 is 0 Å². The van der Waals surface area contributed by atoms with Crippen LogP contribution in [0.4, 0.5) is 5.69 Å². The van der Waals surface area contributed by atoms with Gasteiger partial charge in [0.25, 0.3) is 0 Å². The predicted molar refractivity (Wildman–Crippen MR) is 121 cm³/mol. The summed E-state index contributed by atoms with van der Waals surface area (Å²) in [6.07, 6.45) is 9.04. The molecule has 0 fully saturated rings. The largest absolute Gasteiger partial charge is 0.397 e. The lowest BCUT2D eigenvalue weighted by molar-refractivity contribution is 1.07. The molecule has 8 nitrogen and oxygen atoms in total. The normalized spacial score (nSPS) is 11.5. The van der Waals surface area contributed by atoms with E-state index < -0.39 is 0 Å². The van der Waals surface area contributed by atoms with Crippen molar-refractivity contribution in [1.29, 1.82) is 0 Å². The van der Waals surface area contributed by atoms with Crippen LogP contribution >= 0.6 is 0 Å². The summed E-state index contributed by atoms with van der Waals surface area (Å²) in [5.74, 6) is 0. The van der Waals surface area contributed by atoms with Gasteiger partial charge >= 0.3 is 0 Å². The highest BCUT2D eigenvalue weighted by molar-refractivity contribution is 5.98. The lowest BCUT2D eigenvalue weighted by Crippen LogP contribution is -1.89. The number of benzene rings is 1. The lowest BCUT2D eigenvalue weighted by Gasteiger charge is -2.03. The third kappa shape index (κ3) is 2.84. The second-order valence-electron chi connectivity index (χ2n) is 7.54. The average Bonchev–Trinajstić information content (AvgIpc) is 3.50. The first-order valence-electron chi connectivity index (χ1n) is 9.84. The Morgan fingerprint density at radius 1 is 0.968 bits per heavy atom. The van der Waals surface area contributed by atoms with Crippen molar-refractivity contribution in [3.63, 3.8) is 0 Å². The van der Waals surface area contributed by atoms with Crippen LogP contribution in [0, 0.1) is 6.92 Å². The number of nitrogens with two attached hydrogens (primary N) is 1. The molecule has 1 aromatic carbocycles. The highest BCUT2D eigenvalue weighted by atomic mass is 15.2. The van der Waals surface area contributed by atoms with Crippen molar-refractivity contribution in [1.82, 2.24) is 34.7 Å². The molecule has 0 spiro atoms. The van der Waals surface area contributed by atoms with E-state index in [0.717, 1.165) is 50.2 Å². The fourth-order valence-corrected chi connectivity index (χ4v) is 3.93. The maximum Gasteiger partial charge on any atom is 0.181 e. The number of aryl methyl sites for hydroxylation is 1. The average molecular weight is 406 g/mol. The summed E-state index contributed by atoms with van der Waals surface area (Å²) in [7, 11) is 0. The van der Waals surface area contributed by atoms with Crippen LogP contribution in [0.2, 0.25) is 0 Å². The Kier molecular flexibility index (Phi) is 3.66. The molecule has 0 bridgehead atoms. The number of pyridine rings is 2. The maximum atomic E-state index is 5.90. The zero-order valence-corrected chi connectivity index (χ0v) is 16.7. The van der Waals surface area contributed by atoms with Crippen LogP contribution in [-0.4, -0.2) is 34.7 Å². The number of aromatic nitrogens is 7. The molecule has 0 radical (unpaired) electrons. The van der Waals surface area contributed by atoms with E-state index in [2.05, 4.69) is 54.4 Å². The summed E-state index contributed by atoms with van der Waals surface area (Å²) in [4.78, 5) is 16.6. The van der Waals surface area contributed by atoms with E-state index in [-0.39, 0.29) is 0 Å². The molecule has 150 valence electrons. The fraction of sp³-hybridized carbons (Fsp3) is 0.0435. The van der Waals surface area contributed by atoms with Gasteiger partial charge in [0, 0.05) is 52.2 Å². The number of H-pyrrole nitrogens is 2. The van der Waals surface area contributed by atoms with Gasteiger partial charge < -0.3 is 15.3 Å². The number of imidazole rings is 1. The number of anilines is 1. The number of rotatable bonds is 3. The summed E-state index contributed by atoms with van der Waals surface area (Å²) < 4.78 is 2.03. The number of hydrogen-bond acceptors (Lipinski definition) is 5. The van der Waals surface area contributed by atoms with Gasteiger partial charge in [-0.2, -0.15) is 5.10 Å². The first kappa shape index (κ1) is 17.4. The molecule has 0 aliphatic heterocycles. The molecule has 5 heterocycles. The van der Waals surface area contributed by atoms with Crippen LogP contribution in [0.3, 0.4) is 0 Å². The van der Waals surface area contributed by atoms with Gasteiger partial charge in [-0.05, 0) is 37.3 Å². The van der Waals surface area contributed by atoms with Gasteiger partial charge in [-0.15, -0.1) is 0 Å². The van der Waals surface area contributed by atoms with Gasteiger partial charge in [0.15, 0.2) is 5.65 Å². The number of nitrogen functional groups attached to an aromatic ring is 1. The van der Waals surface area contributed by atoms with E-state index in [4.69, 9.17) is 5.73 Å². The zero-order chi connectivity index (χ0) is 20.9. The van der Waals surface area contributed by atoms with Gasteiger partial charge in [-0.3, -0.25) is 10.1 Å². The number of hydrogen-bond donors (Lipinski definition) is 3. The molecule has 0 saturated carbocycles. The Hall–Kier alpha value is -4.46. The number of nitrogens with one attached hydrogen (secondary N) is 2. The van der Waals surface area contributed by atoms with Crippen molar-refractivity contribution in [2.24, 2.45) is 0 Å². The van der Waals surface area contributed by atoms with E-state index in [0.29, 0.717) is 11.3 Å². The SMILES string of the molecule is Cc1cn(-c2cccc3[nH]c(-c4[nH]nc5ncc(-c6cncc(N)c6)cc45)cc23)cn1. The molecular weight excluding hydrogens is 388 g/mol. The van der Waals surface area contributed by atoms with Crippen LogP contribution in [0.15, 0.2) is 67.5 Å². The van der Waals surface area contributed by atoms with Crippen molar-refractivity contribution >= 4 is 27.6 Å². The molecule has 0 atom stereocenters. The monoisotopic (exact) mass is 406 g/mol. The minimum absolute atomic E-state index is 0.614. The smallest absolute Gasteiger partial charge is 0.181 e. The Morgan fingerprint density at radius 2 is 1.87 bits per heavy atom. The third-order valence-corrected chi connectivity index (χ3v) is 5.40. The van der Waals surface area contributed by atoms with Gasteiger partial charge in [0.2, 0.25) is 0 Å². The maximum absolute atomic E-state index is 5.90. The second kappa shape index (κ2) is 6.53. The van der Waals surface area contributed by atoms with Crippen LogP contribution in [0.1, 0.15) is 5.69 Å².